The lowest BCUT2D eigenvalue weighted by Crippen LogP contribution is -2.26. The summed E-state index contributed by atoms with van der Waals surface area (Å²) in [5.74, 6) is -0.269. The molecule has 1 aromatic heterocycles. The van der Waals surface area contributed by atoms with Gasteiger partial charge in [0, 0.05) is 38.9 Å². The Balaban J connectivity index is 1.58. The number of phenolic OH excluding ortho intramolecular Hbond substituents is 1. The van der Waals surface area contributed by atoms with Gasteiger partial charge in [-0.2, -0.15) is 0 Å². The molecule has 0 radical (unpaired) electrons. The standard InChI is InChI=1S/C30H26O3S/c1-19-17-21(34-26-15-9-5-11-22(26)23-12-6-10-16-27(23)34)18-20(2)28(19)29(32)33-30(3,4)24-13-7-8-14-25(24)31/h5-18H,1-4H3/p+1. The Kier molecular flexibility index (Phi) is 5.41. The van der Waals surface area contributed by atoms with Crippen molar-refractivity contribution < 1.29 is 14.6 Å². The first kappa shape index (κ1) is 22.2. The first-order valence-electron chi connectivity index (χ1n) is 11.3. The minimum Gasteiger partial charge on any atom is -0.508 e. The van der Waals surface area contributed by atoms with E-state index in [9.17, 15) is 9.90 Å². The number of benzene rings is 4. The zero-order chi connectivity index (χ0) is 24.0. The van der Waals surface area contributed by atoms with E-state index < -0.39 is 5.60 Å². The molecule has 5 aromatic rings. The lowest BCUT2D eigenvalue weighted by Gasteiger charge is -2.27. The molecule has 0 bridgehead atoms. The number of hydrogen-bond donors (Lipinski definition) is 1. The molecule has 0 saturated carbocycles. The zero-order valence-corrected chi connectivity index (χ0v) is 20.6. The van der Waals surface area contributed by atoms with Gasteiger partial charge in [-0.25, -0.2) is 4.79 Å². The van der Waals surface area contributed by atoms with Crippen molar-refractivity contribution in [2.75, 3.05) is 0 Å². The van der Waals surface area contributed by atoms with Crippen LogP contribution >= 0.6 is 10.5 Å². The van der Waals surface area contributed by atoms with Gasteiger partial charge in [-0.1, -0.05) is 42.5 Å². The molecule has 4 heteroatoms. The average molecular weight is 468 g/mol. The molecule has 0 aliphatic carbocycles. The van der Waals surface area contributed by atoms with E-state index in [2.05, 4.69) is 60.7 Å². The third-order valence-corrected chi connectivity index (χ3v) is 8.65. The molecule has 0 amide bonds. The number of fused-ring (bicyclic) bond motifs is 3. The Hall–Kier alpha value is -3.63. The van der Waals surface area contributed by atoms with Crippen molar-refractivity contribution in [2.45, 2.75) is 33.3 Å². The van der Waals surface area contributed by atoms with E-state index in [0.29, 0.717) is 11.1 Å². The molecule has 4 aromatic carbocycles. The Bertz CT molecular complexity index is 1480. The third kappa shape index (κ3) is 3.64. The first-order valence-corrected chi connectivity index (χ1v) is 12.6. The van der Waals surface area contributed by atoms with E-state index >= 15 is 0 Å². The highest BCUT2D eigenvalue weighted by atomic mass is 32.2. The molecule has 34 heavy (non-hydrogen) atoms. The molecule has 0 unspecified atom stereocenters. The third-order valence-electron chi connectivity index (χ3n) is 6.35. The van der Waals surface area contributed by atoms with Crippen molar-refractivity contribution >= 4 is 36.6 Å². The number of hydrogen-bond acceptors (Lipinski definition) is 3. The maximum atomic E-state index is 13.3. The molecule has 1 N–H and O–H groups in total. The molecular weight excluding hydrogens is 440 g/mol. The maximum absolute atomic E-state index is 13.3. The second-order valence-corrected chi connectivity index (χ2v) is 11.1. The summed E-state index contributed by atoms with van der Waals surface area (Å²) in [4.78, 5) is 14.5. The van der Waals surface area contributed by atoms with Crippen LogP contribution < -0.4 is 0 Å². The van der Waals surface area contributed by atoms with Crippen molar-refractivity contribution in [3.05, 3.63) is 107 Å². The Morgan fingerprint density at radius 1 is 0.794 bits per heavy atom. The van der Waals surface area contributed by atoms with Gasteiger partial charge in [0.2, 0.25) is 0 Å². The molecular formula is C30H27O3S+. The number of aryl methyl sites for hydroxylation is 2. The molecule has 5 rings (SSSR count). The molecule has 0 fully saturated rings. The summed E-state index contributed by atoms with van der Waals surface area (Å²) in [5.41, 5.74) is 1.97. The Morgan fingerprint density at radius 3 is 1.85 bits per heavy atom. The average Bonchev–Trinajstić information content (AvgIpc) is 3.13. The number of thiophene rings is 1. The molecule has 0 aliphatic heterocycles. The second kappa shape index (κ2) is 8.30. The quantitative estimate of drug-likeness (QED) is 0.214. The minimum absolute atomic E-state index is 0.115. The molecule has 170 valence electrons. The number of para-hydroxylation sites is 1. The number of esters is 1. The van der Waals surface area contributed by atoms with Gasteiger partial charge in [0.25, 0.3) is 0 Å². The van der Waals surface area contributed by atoms with Crippen LogP contribution in [0.2, 0.25) is 0 Å². The van der Waals surface area contributed by atoms with Gasteiger partial charge in [0.05, 0.1) is 5.56 Å². The largest absolute Gasteiger partial charge is 0.508 e. The van der Waals surface area contributed by atoms with Crippen molar-refractivity contribution in [1.29, 1.82) is 0 Å². The highest BCUT2D eigenvalue weighted by Crippen LogP contribution is 2.49. The van der Waals surface area contributed by atoms with E-state index in [1.807, 2.05) is 19.9 Å². The minimum atomic E-state index is -0.967. The lowest BCUT2D eigenvalue weighted by atomic mass is 9.96. The lowest BCUT2D eigenvalue weighted by molar-refractivity contribution is -0.00408. The first-order chi connectivity index (χ1) is 16.3. The van der Waals surface area contributed by atoms with E-state index in [1.165, 1.54) is 25.1 Å². The molecule has 0 spiro atoms. The number of ether oxygens (including phenoxy) is 1. The summed E-state index contributed by atoms with van der Waals surface area (Å²) in [6, 6.07) is 28.4. The van der Waals surface area contributed by atoms with Gasteiger partial charge in [-0.3, -0.25) is 0 Å². The fourth-order valence-electron chi connectivity index (χ4n) is 4.79. The SMILES string of the molecule is Cc1cc(-[s+]2c3ccccc3c3ccccc32)cc(C)c1C(=O)OC(C)(C)c1ccccc1O. The Morgan fingerprint density at radius 2 is 1.29 bits per heavy atom. The zero-order valence-electron chi connectivity index (χ0n) is 19.8. The van der Waals surface area contributed by atoms with Crippen LogP contribution in [0.1, 0.15) is 40.9 Å². The van der Waals surface area contributed by atoms with E-state index in [1.54, 1.807) is 32.0 Å². The van der Waals surface area contributed by atoms with Crippen LogP contribution in [0.4, 0.5) is 0 Å². The molecule has 3 nitrogen and oxygen atoms in total. The van der Waals surface area contributed by atoms with Gasteiger partial charge in [-0.15, -0.1) is 0 Å². The van der Waals surface area contributed by atoms with Gasteiger partial charge >= 0.3 is 5.97 Å². The number of rotatable bonds is 4. The van der Waals surface area contributed by atoms with E-state index in [0.717, 1.165) is 11.1 Å². The maximum Gasteiger partial charge on any atom is 0.339 e. The number of carbonyl (C=O) groups is 1. The van der Waals surface area contributed by atoms with Crippen LogP contribution in [0.5, 0.6) is 5.75 Å². The summed E-state index contributed by atoms with van der Waals surface area (Å²) in [6.45, 7) is 7.54. The predicted molar refractivity (Wildman–Crippen MR) is 141 cm³/mol. The van der Waals surface area contributed by atoms with Crippen molar-refractivity contribution in [2.24, 2.45) is 0 Å². The summed E-state index contributed by atoms with van der Waals surface area (Å²) >= 11 is 0. The molecule has 0 aliphatic rings. The van der Waals surface area contributed by atoms with Gasteiger partial charge in [0.15, 0.2) is 14.3 Å². The Labute approximate surface area is 202 Å². The van der Waals surface area contributed by atoms with Crippen LogP contribution in [0.15, 0.2) is 84.9 Å². The number of phenols is 1. The van der Waals surface area contributed by atoms with E-state index in [4.69, 9.17) is 4.74 Å². The second-order valence-electron chi connectivity index (χ2n) is 9.15. The molecule has 1 heterocycles. The van der Waals surface area contributed by atoms with Crippen LogP contribution in [0.25, 0.3) is 25.1 Å². The monoisotopic (exact) mass is 467 g/mol. The van der Waals surface area contributed by atoms with Crippen LogP contribution in [-0.4, -0.2) is 11.1 Å². The molecule has 0 saturated heterocycles. The summed E-state index contributed by atoms with van der Waals surface area (Å²) in [6.07, 6.45) is 0. The van der Waals surface area contributed by atoms with Crippen LogP contribution in [0, 0.1) is 13.8 Å². The fraction of sp³-hybridized carbons (Fsp3) is 0.167. The van der Waals surface area contributed by atoms with Gasteiger partial charge < -0.3 is 9.84 Å². The van der Waals surface area contributed by atoms with Crippen molar-refractivity contribution in [3.8, 4) is 10.6 Å². The van der Waals surface area contributed by atoms with Gasteiger partial charge in [0.1, 0.15) is 11.4 Å². The predicted octanol–water partition coefficient (Wildman–Crippen LogP) is 8.15. The highest BCUT2D eigenvalue weighted by Gasteiger charge is 2.31. The molecule has 0 atom stereocenters. The summed E-state index contributed by atoms with van der Waals surface area (Å²) in [7, 11) is -0.220. The number of aromatic hydroxyl groups is 1. The summed E-state index contributed by atoms with van der Waals surface area (Å²) in [5, 5.41) is 12.8. The van der Waals surface area contributed by atoms with E-state index in [-0.39, 0.29) is 22.2 Å². The van der Waals surface area contributed by atoms with Crippen LogP contribution in [0.3, 0.4) is 0 Å². The van der Waals surface area contributed by atoms with Gasteiger partial charge in [-0.05, 0) is 69.2 Å². The van der Waals surface area contributed by atoms with Crippen molar-refractivity contribution in [3.63, 3.8) is 0 Å². The highest BCUT2D eigenvalue weighted by molar-refractivity contribution is 7.50. The van der Waals surface area contributed by atoms with Crippen molar-refractivity contribution in [1.82, 2.24) is 0 Å². The normalized spacial score (nSPS) is 11.8. The fourth-order valence-corrected chi connectivity index (χ4v) is 7.35. The van der Waals surface area contributed by atoms with Crippen LogP contribution in [-0.2, 0) is 10.3 Å². The number of carbonyl (C=O) groups excluding carboxylic acids is 1. The smallest absolute Gasteiger partial charge is 0.339 e. The summed E-state index contributed by atoms with van der Waals surface area (Å²) < 4.78 is 8.57. The topological polar surface area (TPSA) is 46.5 Å².